The molecule has 1 aliphatic carbocycles. The minimum atomic E-state index is 0.528. The van der Waals surface area contributed by atoms with Gasteiger partial charge in [0.15, 0.2) is 0 Å². The second-order valence-electron chi connectivity index (χ2n) is 8.66. The van der Waals surface area contributed by atoms with E-state index >= 15 is 0 Å². The van der Waals surface area contributed by atoms with E-state index in [2.05, 4.69) is 56.6 Å². The van der Waals surface area contributed by atoms with Crippen LogP contribution in [0, 0.1) is 0 Å². The number of methoxy groups -OCH3 is 1. The van der Waals surface area contributed by atoms with Crippen molar-refractivity contribution in [3.63, 3.8) is 0 Å². The average Bonchev–Trinajstić information content (AvgIpc) is 2.84. The summed E-state index contributed by atoms with van der Waals surface area (Å²) in [6.07, 6.45) is 11.2. The van der Waals surface area contributed by atoms with Gasteiger partial charge in [-0.1, -0.05) is 42.3 Å². The molecular formula is C25H35N3O2S. The van der Waals surface area contributed by atoms with E-state index in [4.69, 9.17) is 4.74 Å². The summed E-state index contributed by atoms with van der Waals surface area (Å²) in [4.78, 5) is 15.9. The third kappa shape index (κ3) is 6.22. The number of ether oxygens (including phenoxy) is 1. The molecule has 0 bridgehead atoms. The number of benzene rings is 1. The van der Waals surface area contributed by atoms with Gasteiger partial charge in [-0.15, -0.1) is 0 Å². The lowest BCUT2D eigenvalue weighted by molar-refractivity contribution is -0.105. The van der Waals surface area contributed by atoms with Crippen LogP contribution in [0.4, 0.5) is 5.69 Å². The van der Waals surface area contributed by atoms with Crippen LogP contribution >= 0.6 is 11.9 Å². The van der Waals surface area contributed by atoms with Crippen LogP contribution in [0.1, 0.15) is 30.7 Å². The molecule has 0 aromatic heterocycles. The monoisotopic (exact) mass is 441 g/mol. The van der Waals surface area contributed by atoms with E-state index in [0.29, 0.717) is 11.2 Å². The summed E-state index contributed by atoms with van der Waals surface area (Å²) in [5.74, 6) is 0.528. The van der Waals surface area contributed by atoms with E-state index in [-0.39, 0.29) is 0 Å². The first-order valence-electron chi connectivity index (χ1n) is 11.6. The fourth-order valence-electron chi connectivity index (χ4n) is 4.60. The van der Waals surface area contributed by atoms with Gasteiger partial charge in [-0.3, -0.25) is 9.69 Å². The molecule has 4 rings (SSSR count). The maximum absolute atomic E-state index is 10.9. The minimum Gasteiger partial charge on any atom is -0.383 e. The molecule has 6 heteroatoms. The van der Waals surface area contributed by atoms with E-state index < -0.39 is 0 Å². The molecule has 2 aliphatic heterocycles. The molecule has 0 N–H and O–H groups in total. The van der Waals surface area contributed by atoms with Crippen molar-refractivity contribution < 1.29 is 9.53 Å². The van der Waals surface area contributed by atoms with Crippen molar-refractivity contribution in [2.45, 2.75) is 30.4 Å². The molecule has 5 nitrogen and oxygen atoms in total. The summed E-state index contributed by atoms with van der Waals surface area (Å²) in [5.41, 5.74) is 3.72. The zero-order valence-corrected chi connectivity index (χ0v) is 19.4. The summed E-state index contributed by atoms with van der Waals surface area (Å²) in [7, 11) is 1.77. The number of carbonyl (C=O) groups excluding carboxylic acids is 1. The quantitative estimate of drug-likeness (QED) is 0.348. The van der Waals surface area contributed by atoms with Crippen molar-refractivity contribution in [1.29, 1.82) is 0 Å². The number of aldehydes is 1. The van der Waals surface area contributed by atoms with Crippen LogP contribution < -0.4 is 4.90 Å². The molecule has 3 aliphatic rings. The minimum absolute atomic E-state index is 0.528. The summed E-state index contributed by atoms with van der Waals surface area (Å²) in [6.45, 7) is 8.11. The fourth-order valence-corrected chi connectivity index (χ4v) is 5.75. The predicted octanol–water partition coefficient (Wildman–Crippen LogP) is 3.74. The van der Waals surface area contributed by atoms with Crippen LogP contribution in [0.15, 0.2) is 48.1 Å². The van der Waals surface area contributed by atoms with Gasteiger partial charge in [0.25, 0.3) is 0 Å². The Kier molecular flexibility index (Phi) is 8.25. The van der Waals surface area contributed by atoms with Crippen LogP contribution in [0.25, 0.3) is 0 Å². The first-order valence-corrected chi connectivity index (χ1v) is 12.4. The van der Waals surface area contributed by atoms with Gasteiger partial charge in [0.1, 0.15) is 6.29 Å². The Labute approximate surface area is 191 Å². The van der Waals surface area contributed by atoms with Crippen LogP contribution in [-0.4, -0.2) is 80.3 Å². The number of hydrogen-bond donors (Lipinski definition) is 0. The van der Waals surface area contributed by atoms with Gasteiger partial charge in [0.2, 0.25) is 0 Å². The zero-order chi connectivity index (χ0) is 21.5. The molecule has 31 heavy (non-hydrogen) atoms. The van der Waals surface area contributed by atoms with Gasteiger partial charge >= 0.3 is 0 Å². The predicted molar refractivity (Wildman–Crippen MR) is 130 cm³/mol. The Morgan fingerprint density at radius 1 is 1.06 bits per heavy atom. The summed E-state index contributed by atoms with van der Waals surface area (Å²) in [6, 6.07) is 9.26. The lowest BCUT2D eigenvalue weighted by Crippen LogP contribution is -2.47. The third-order valence-electron chi connectivity index (χ3n) is 6.63. The SMILES string of the molecule is COCCN1CCN(c2ccc(C3C=CC(SN4CC=C(C=O)CC4)CC3)cc2)CC1. The van der Waals surface area contributed by atoms with Crippen molar-refractivity contribution in [3.05, 3.63) is 53.6 Å². The second-order valence-corrected chi connectivity index (χ2v) is 9.99. The molecule has 0 saturated carbocycles. The van der Waals surface area contributed by atoms with E-state index in [0.717, 1.165) is 70.7 Å². The van der Waals surface area contributed by atoms with E-state index in [1.54, 1.807) is 7.11 Å². The highest BCUT2D eigenvalue weighted by molar-refractivity contribution is 7.97. The average molecular weight is 442 g/mol. The molecule has 2 atom stereocenters. The number of rotatable bonds is 8. The molecule has 0 spiro atoms. The van der Waals surface area contributed by atoms with Crippen molar-refractivity contribution in [3.8, 4) is 0 Å². The first kappa shape index (κ1) is 22.6. The molecule has 168 valence electrons. The number of hydrogen-bond acceptors (Lipinski definition) is 6. The summed E-state index contributed by atoms with van der Waals surface area (Å²) < 4.78 is 7.60. The standard InChI is InChI=1S/C25H35N3O2S/c1-30-19-18-26-14-16-27(17-15-26)24-6-2-22(3-7-24)23-4-8-25(9-5-23)31-28-12-10-21(20-29)11-13-28/h2-4,6-8,10,20,23,25H,5,9,11-19H2,1H3. The van der Waals surface area contributed by atoms with Crippen molar-refractivity contribution in [2.75, 3.05) is 64.4 Å². The van der Waals surface area contributed by atoms with Crippen LogP contribution in [0.2, 0.25) is 0 Å². The van der Waals surface area contributed by atoms with Crippen molar-refractivity contribution >= 4 is 23.9 Å². The summed E-state index contributed by atoms with van der Waals surface area (Å²) in [5, 5.41) is 0.552. The molecule has 1 fully saturated rings. The van der Waals surface area contributed by atoms with Gasteiger partial charge in [0.05, 0.1) is 6.61 Å². The van der Waals surface area contributed by atoms with Crippen LogP contribution in [-0.2, 0) is 9.53 Å². The Bertz CT molecular complexity index is 771. The highest BCUT2D eigenvalue weighted by atomic mass is 32.2. The van der Waals surface area contributed by atoms with E-state index in [1.165, 1.54) is 24.1 Å². The number of piperazine rings is 1. The molecule has 1 aromatic rings. The molecule has 0 radical (unpaired) electrons. The number of anilines is 1. The molecule has 0 amide bonds. The van der Waals surface area contributed by atoms with Crippen molar-refractivity contribution in [2.24, 2.45) is 0 Å². The third-order valence-corrected chi connectivity index (χ3v) is 7.93. The van der Waals surface area contributed by atoms with Gasteiger partial charge in [0, 0.05) is 69.8 Å². The Balaban J connectivity index is 1.25. The number of nitrogens with zero attached hydrogens (tertiary/aromatic N) is 3. The number of allylic oxidation sites excluding steroid dienone is 1. The fraction of sp³-hybridized carbons (Fsp3) is 0.560. The van der Waals surface area contributed by atoms with Gasteiger partial charge in [-0.2, -0.15) is 0 Å². The Morgan fingerprint density at radius 3 is 2.48 bits per heavy atom. The zero-order valence-electron chi connectivity index (χ0n) is 18.6. The summed E-state index contributed by atoms with van der Waals surface area (Å²) >= 11 is 1.94. The molecule has 2 heterocycles. The number of carbonyl (C=O) groups is 1. The highest BCUT2D eigenvalue weighted by Crippen LogP contribution is 2.35. The molecule has 1 saturated heterocycles. The lowest BCUT2D eigenvalue weighted by Gasteiger charge is -2.36. The van der Waals surface area contributed by atoms with Crippen LogP contribution in [0.3, 0.4) is 0 Å². The van der Waals surface area contributed by atoms with Crippen molar-refractivity contribution in [1.82, 2.24) is 9.21 Å². The van der Waals surface area contributed by atoms with Gasteiger partial charge in [-0.05, 0) is 42.5 Å². The molecule has 1 aromatic carbocycles. The van der Waals surface area contributed by atoms with E-state index in [9.17, 15) is 4.79 Å². The Morgan fingerprint density at radius 2 is 1.87 bits per heavy atom. The maximum Gasteiger partial charge on any atom is 0.145 e. The van der Waals surface area contributed by atoms with Gasteiger partial charge < -0.3 is 9.64 Å². The smallest absolute Gasteiger partial charge is 0.145 e. The normalized spacial score (nSPS) is 25.5. The first-order chi connectivity index (χ1) is 15.2. The van der Waals surface area contributed by atoms with E-state index in [1.807, 2.05) is 11.9 Å². The largest absolute Gasteiger partial charge is 0.383 e. The Hall–Kier alpha value is -1.60. The topological polar surface area (TPSA) is 36.0 Å². The second kappa shape index (κ2) is 11.3. The van der Waals surface area contributed by atoms with Gasteiger partial charge in [-0.25, -0.2) is 4.31 Å². The maximum atomic E-state index is 10.9. The lowest BCUT2D eigenvalue weighted by atomic mass is 9.89. The molecule has 2 unspecified atom stereocenters. The van der Waals surface area contributed by atoms with Crippen LogP contribution in [0.5, 0.6) is 0 Å². The molecular weight excluding hydrogens is 406 g/mol. The highest BCUT2D eigenvalue weighted by Gasteiger charge is 2.22.